The van der Waals surface area contributed by atoms with Crippen LogP contribution in [0.25, 0.3) is 0 Å². The Morgan fingerprint density at radius 3 is 2.59 bits per heavy atom. The van der Waals surface area contributed by atoms with Gasteiger partial charge in [0.15, 0.2) is 0 Å². The molecule has 5 heteroatoms. The van der Waals surface area contributed by atoms with Gasteiger partial charge in [-0.05, 0) is 19.3 Å². The van der Waals surface area contributed by atoms with Crippen LogP contribution in [0.1, 0.15) is 36.5 Å². The summed E-state index contributed by atoms with van der Waals surface area (Å²) < 4.78 is 0. The standard InChI is InChI=1S/C12H18N4O/c1-2-5-13-11(17)10-8-14-12(15-9-10)16-6-3-4-7-16/h8-9H,2-7H2,1H3,(H,13,17). The minimum Gasteiger partial charge on any atom is -0.352 e. The second-order valence-corrected chi connectivity index (χ2v) is 4.22. The largest absolute Gasteiger partial charge is 0.352 e. The van der Waals surface area contributed by atoms with Gasteiger partial charge in [-0.25, -0.2) is 9.97 Å². The Hall–Kier alpha value is -1.65. The third kappa shape index (κ3) is 2.93. The summed E-state index contributed by atoms with van der Waals surface area (Å²) in [5.41, 5.74) is 0.529. The molecule has 2 heterocycles. The van der Waals surface area contributed by atoms with Crippen LogP contribution in [0.3, 0.4) is 0 Å². The summed E-state index contributed by atoms with van der Waals surface area (Å²) in [7, 11) is 0. The molecule has 5 nitrogen and oxygen atoms in total. The number of hydrogen-bond donors (Lipinski definition) is 1. The monoisotopic (exact) mass is 234 g/mol. The molecule has 1 saturated heterocycles. The summed E-state index contributed by atoms with van der Waals surface area (Å²) in [6, 6.07) is 0. The molecule has 1 aromatic rings. The highest BCUT2D eigenvalue weighted by atomic mass is 16.1. The number of aromatic nitrogens is 2. The number of nitrogens with one attached hydrogen (secondary N) is 1. The van der Waals surface area contributed by atoms with Gasteiger partial charge in [-0.15, -0.1) is 0 Å². The van der Waals surface area contributed by atoms with Crippen molar-refractivity contribution < 1.29 is 4.79 Å². The van der Waals surface area contributed by atoms with Crippen molar-refractivity contribution in [2.45, 2.75) is 26.2 Å². The van der Waals surface area contributed by atoms with Crippen LogP contribution >= 0.6 is 0 Å². The average Bonchev–Trinajstić information content (AvgIpc) is 2.90. The van der Waals surface area contributed by atoms with Crippen LogP contribution in [-0.2, 0) is 0 Å². The molecule has 17 heavy (non-hydrogen) atoms. The van der Waals surface area contributed by atoms with E-state index in [2.05, 4.69) is 20.2 Å². The fourth-order valence-electron chi connectivity index (χ4n) is 1.86. The van der Waals surface area contributed by atoms with E-state index in [9.17, 15) is 4.79 Å². The first-order valence-electron chi connectivity index (χ1n) is 6.16. The first-order valence-corrected chi connectivity index (χ1v) is 6.16. The van der Waals surface area contributed by atoms with Crippen LogP contribution in [0, 0.1) is 0 Å². The number of rotatable bonds is 4. The van der Waals surface area contributed by atoms with Crippen molar-refractivity contribution in [2.75, 3.05) is 24.5 Å². The third-order valence-electron chi connectivity index (χ3n) is 2.82. The summed E-state index contributed by atoms with van der Waals surface area (Å²) in [6.07, 6.45) is 6.53. The maximum atomic E-state index is 11.6. The lowest BCUT2D eigenvalue weighted by molar-refractivity contribution is 0.0953. The van der Waals surface area contributed by atoms with E-state index in [1.54, 1.807) is 12.4 Å². The molecule has 0 spiro atoms. The first kappa shape index (κ1) is 11.8. The molecule has 1 aliphatic heterocycles. The molecular weight excluding hydrogens is 216 g/mol. The van der Waals surface area contributed by atoms with Gasteiger partial charge in [-0.1, -0.05) is 6.92 Å². The molecule has 0 saturated carbocycles. The summed E-state index contributed by atoms with van der Waals surface area (Å²) in [4.78, 5) is 22.3. The highest BCUT2D eigenvalue weighted by molar-refractivity contribution is 5.93. The molecule has 0 atom stereocenters. The maximum absolute atomic E-state index is 11.6. The molecule has 1 fully saturated rings. The van der Waals surface area contributed by atoms with E-state index in [1.807, 2.05) is 6.92 Å². The van der Waals surface area contributed by atoms with Gasteiger partial charge < -0.3 is 10.2 Å². The van der Waals surface area contributed by atoms with Crippen molar-refractivity contribution >= 4 is 11.9 Å². The van der Waals surface area contributed by atoms with Gasteiger partial charge in [0.25, 0.3) is 5.91 Å². The zero-order valence-electron chi connectivity index (χ0n) is 10.1. The van der Waals surface area contributed by atoms with Crippen molar-refractivity contribution in [1.82, 2.24) is 15.3 Å². The van der Waals surface area contributed by atoms with Gasteiger partial charge in [-0.3, -0.25) is 4.79 Å². The molecule has 1 aromatic heterocycles. The van der Waals surface area contributed by atoms with Gasteiger partial charge in [0.2, 0.25) is 5.95 Å². The van der Waals surface area contributed by atoms with Crippen molar-refractivity contribution in [3.8, 4) is 0 Å². The van der Waals surface area contributed by atoms with E-state index < -0.39 is 0 Å². The van der Waals surface area contributed by atoms with Crippen molar-refractivity contribution in [3.05, 3.63) is 18.0 Å². The van der Waals surface area contributed by atoms with Gasteiger partial charge in [-0.2, -0.15) is 0 Å². The first-order chi connectivity index (χ1) is 8.31. The van der Waals surface area contributed by atoms with E-state index in [-0.39, 0.29) is 5.91 Å². The van der Waals surface area contributed by atoms with Crippen LogP contribution in [0.15, 0.2) is 12.4 Å². The SMILES string of the molecule is CCCNC(=O)c1cnc(N2CCCC2)nc1. The quantitative estimate of drug-likeness (QED) is 0.851. The smallest absolute Gasteiger partial charge is 0.254 e. The fraction of sp³-hybridized carbons (Fsp3) is 0.583. The van der Waals surface area contributed by atoms with E-state index >= 15 is 0 Å². The minimum absolute atomic E-state index is 0.0974. The van der Waals surface area contributed by atoms with E-state index in [0.717, 1.165) is 25.5 Å². The number of carbonyl (C=O) groups is 1. The molecule has 2 rings (SSSR count). The van der Waals surface area contributed by atoms with Gasteiger partial charge in [0, 0.05) is 32.0 Å². The van der Waals surface area contributed by atoms with Crippen LogP contribution in [0.2, 0.25) is 0 Å². The zero-order chi connectivity index (χ0) is 12.1. The van der Waals surface area contributed by atoms with Gasteiger partial charge in [0.1, 0.15) is 0 Å². The van der Waals surface area contributed by atoms with Crippen molar-refractivity contribution in [2.24, 2.45) is 0 Å². The molecule has 1 amide bonds. The third-order valence-corrected chi connectivity index (χ3v) is 2.82. The Kier molecular flexibility index (Phi) is 3.90. The fourth-order valence-corrected chi connectivity index (χ4v) is 1.86. The summed E-state index contributed by atoms with van der Waals surface area (Å²) in [5.74, 6) is 0.634. The van der Waals surface area contributed by atoms with Crippen LogP contribution < -0.4 is 10.2 Å². The topological polar surface area (TPSA) is 58.1 Å². The number of amides is 1. The average molecular weight is 234 g/mol. The molecule has 0 aliphatic carbocycles. The molecular formula is C12H18N4O. The second-order valence-electron chi connectivity index (χ2n) is 4.22. The van der Waals surface area contributed by atoms with E-state index in [4.69, 9.17) is 0 Å². The molecule has 0 radical (unpaired) electrons. The second kappa shape index (κ2) is 5.61. The lowest BCUT2D eigenvalue weighted by Gasteiger charge is -2.14. The Bertz CT molecular complexity index is 371. The molecule has 0 unspecified atom stereocenters. The number of anilines is 1. The minimum atomic E-state index is -0.0974. The molecule has 0 aromatic carbocycles. The van der Waals surface area contributed by atoms with Gasteiger partial charge in [0.05, 0.1) is 5.56 Å². The van der Waals surface area contributed by atoms with Crippen molar-refractivity contribution in [3.63, 3.8) is 0 Å². The molecule has 92 valence electrons. The predicted octanol–water partition coefficient (Wildman–Crippen LogP) is 1.22. The number of hydrogen-bond acceptors (Lipinski definition) is 4. The number of carbonyl (C=O) groups excluding carboxylic acids is 1. The Morgan fingerprint density at radius 2 is 2.00 bits per heavy atom. The lowest BCUT2D eigenvalue weighted by atomic mass is 10.3. The highest BCUT2D eigenvalue weighted by Crippen LogP contribution is 2.14. The zero-order valence-corrected chi connectivity index (χ0v) is 10.1. The molecule has 1 aliphatic rings. The normalized spacial score (nSPS) is 15.0. The van der Waals surface area contributed by atoms with Crippen LogP contribution in [0.5, 0.6) is 0 Å². The molecule has 1 N–H and O–H groups in total. The number of nitrogens with zero attached hydrogens (tertiary/aromatic N) is 3. The van der Waals surface area contributed by atoms with Crippen LogP contribution in [-0.4, -0.2) is 35.5 Å². The summed E-state index contributed by atoms with van der Waals surface area (Å²) >= 11 is 0. The van der Waals surface area contributed by atoms with Crippen molar-refractivity contribution in [1.29, 1.82) is 0 Å². The summed E-state index contributed by atoms with van der Waals surface area (Å²) in [6.45, 7) is 4.74. The van der Waals surface area contributed by atoms with E-state index in [0.29, 0.717) is 12.1 Å². The van der Waals surface area contributed by atoms with Gasteiger partial charge >= 0.3 is 0 Å². The van der Waals surface area contributed by atoms with E-state index in [1.165, 1.54) is 12.8 Å². The summed E-state index contributed by atoms with van der Waals surface area (Å²) in [5, 5.41) is 2.81. The Balaban J connectivity index is 1.99. The van der Waals surface area contributed by atoms with Crippen LogP contribution in [0.4, 0.5) is 5.95 Å². The Labute approximate surface area is 101 Å². The Morgan fingerprint density at radius 1 is 1.35 bits per heavy atom. The molecule has 0 bridgehead atoms. The highest BCUT2D eigenvalue weighted by Gasteiger charge is 2.15. The lowest BCUT2D eigenvalue weighted by Crippen LogP contribution is -2.25. The predicted molar refractivity (Wildman–Crippen MR) is 66.1 cm³/mol. The maximum Gasteiger partial charge on any atom is 0.254 e.